The second-order valence-corrected chi connectivity index (χ2v) is 7.31. The van der Waals surface area contributed by atoms with E-state index in [0.29, 0.717) is 18.3 Å². The molecule has 1 fully saturated rings. The van der Waals surface area contributed by atoms with Gasteiger partial charge in [0, 0.05) is 44.0 Å². The standard InChI is InChI=1S/C23H32N4O2/c1-3-24-23(25-13-12-18-7-4-10-21(28)15-18)26-19-8-6-14-27(17-19)20-9-5-11-22(16-20)29-2/h4-5,7,9-11,15-16,19,28H,3,6,8,12-14,17H2,1-2H3,(H2,24,25,26). The Labute approximate surface area is 173 Å². The summed E-state index contributed by atoms with van der Waals surface area (Å²) in [7, 11) is 1.70. The molecule has 6 nitrogen and oxygen atoms in total. The molecule has 0 spiro atoms. The van der Waals surface area contributed by atoms with Crippen molar-refractivity contribution in [1.29, 1.82) is 0 Å². The number of piperidine rings is 1. The number of benzene rings is 2. The molecule has 0 amide bonds. The van der Waals surface area contributed by atoms with Crippen LogP contribution in [0.1, 0.15) is 25.3 Å². The van der Waals surface area contributed by atoms with Gasteiger partial charge in [-0.2, -0.15) is 0 Å². The molecule has 1 atom stereocenters. The molecule has 0 bridgehead atoms. The fraction of sp³-hybridized carbons (Fsp3) is 0.435. The van der Waals surface area contributed by atoms with E-state index in [0.717, 1.165) is 56.2 Å². The lowest BCUT2D eigenvalue weighted by molar-refractivity contribution is 0.414. The highest BCUT2D eigenvalue weighted by Crippen LogP contribution is 2.24. The largest absolute Gasteiger partial charge is 0.508 e. The fourth-order valence-corrected chi connectivity index (χ4v) is 3.66. The number of ether oxygens (including phenoxy) is 1. The summed E-state index contributed by atoms with van der Waals surface area (Å²) in [5.74, 6) is 2.04. The van der Waals surface area contributed by atoms with E-state index in [1.54, 1.807) is 19.2 Å². The van der Waals surface area contributed by atoms with E-state index in [9.17, 15) is 5.11 Å². The monoisotopic (exact) mass is 396 g/mol. The molecule has 156 valence electrons. The average Bonchev–Trinajstić information content (AvgIpc) is 2.74. The molecular formula is C23H32N4O2. The van der Waals surface area contributed by atoms with E-state index in [2.05, 4.69) is 34.6 Å². The molecule has 3 N–H and O–H groups in total. The SMILES string of the molecule is CCNC(=NCCc1cccc(O)c1)NC1CCCN(c2cccc(OC)c2)C1. The topological polar surface area (TPSA) is 69.1 Å². The third-order valence-corrected chi connectivity index (χ3v) is 5.11. The van der Waals surface area contributed by atoms with E-state index in [1.165, 1.54) is 5.69 Å². The number of rotatable bonds is 7. The van der Waals surface area contributed by atoms with Crippen LogP contribution in [-0.2, 0) is 6.42 Å². The molecule has 29 heavy (non-hydrogen) atoms. The summed E-state index contributed by atoms with van der Waals surface area (Å²) >= 11 is 0. The van der Waals surface area contributed by atoms with Crippen molar-refractivity contribution in [3.8, 4) is 11.5 Å². The smallest absolute Gasteiger partial charge is 0.191 e. The highest BCUT2D eigenvalue weighted by Gasteiger charge is 2.21. The van der Waals surface area contributed by atoms with Gasteiger partial charge in [0.05, 0.1) is 7.11 Å². The van der Waals surface area contributed by atoms with E-state index >= 15 is 0 Å². The Morgan fingerprint density at radius 1 is 1.24 bits per heavy atom. The summed E-state index contributed by atoms with van der Waals surface area (Å²) in [6.45, 7) is 5.56. The molecular weight excluding hydrogens is 364 g/mol. The van der Waals surface area contributed by atoms with Crippen LogP contribution in [0.15, 0.2) is 53.5 Å². The number of nitrogens with one attached hydrogen (secondary N) is 2. The molecule has 0 saturated carbocycles. The maximum Gasteiger partial charge on any atom is 0.191 e. The lowest BCUT2D eigenvalue weighted by Crippen LogP contribution is -2.51. The average molecular weight is 397 g/mol. The van der Waals surface area contributed by atoms with Crippen molar-refractivity contribution in [3.63, 3.8) is 0 Å². The quantitative estimate of drug-likeness (QED) is 0.495. The summed E-state index contributed by atoms with van der Waals surface area (Å²) in [5, 5.41) is 16.6. The van der Waals surface area contributed by atoms with Crippen molar-refractivity contribution in [1.82, 2.24) is 10.6 Å². The maximum absolute atomic E-state index is 9.60. The Morgan fingerprint density at radius 3 is 2.90 bits per heavy atom. The van der Waals surface area contributed by atoms with Crippen molar-refractivity contribution in [2.45, 2.75) is 32.2 Å². The van der Waals surface area contributed by atoms with Gasteiger partial charge in [-0.15, -0.1) is 0 Å². The Bertz CT molecular complexity index is 809. The van der Waals surface area contributed by atoms with Gasteiger partial charge in [0.25, 0.3) is 0 Å². The van der Waals surface area contributed by atoms with Gasteiger partial charge >= 0.3 is 0 Å². The molecule has 1 heterocycles. The maximum atomic E-state index is 9.60. The Balaban J connectivity index is 1.58. The fourth-order valence-electron chi connectivity index (χ4n) is 3.66. The third kappa shape index (κ3) is 6.31. The van der Waals surface area contributed by atoms with Crippen LogP contribution in [0.4, 0.5) is 5.69 Å². The summed E-state index contributed by atoms with van der Waals surface area (Å²) in [6, 6.07) is 16.0. The van der Waals surface area contributed by atoms with Crippen molar-refractivity contribution < 1.29 is 9.84 Å². The molecule has 1 saturated heterocycles. The zero-order valence-electron chi connectivity index (χ0n) is 17.4. The minimum atomic E-state index is 0.302. The lowest BCUT2D eigenvalue weighted by atomic mass is 10.0. The Morgan fingerprint density at radius 2 is 2.10 bits per heavy atom. The van der Waals surface area contributed by atoms with Crippen LogP contribution in [0.25, 0.3) is 0 Å². The zero-order chi connectivity index (χ0) is 20.5. The molecule has 1 unspecified atom stereocenters. The molecule has 0 radical (unpaired) electrons. The molecule has 1 aliphatic heterocycles. The van der Waals surface area contributed by atoms with Gasteiger partial charge in [-0.25, -0.2) is 0 Å². The first-order valence-corrected chi connectivity index (χ1v) is 10.4. The van der Waals surface area contributed by atoms with Gasteiger partial charge in [-0.1, -0.05) is 18.2 Å². The van der Waals surface area contributed by atoms with Crippen molar-refractivity contribution >= 4 is 11.6 Å². The highest BCUT2D eigenvalue weighted by molar-refractivity contribution is 5.80. The van der Waals surface area contributed by atoms with Crippen LogP contribution in [-0.4, -0.2) is 50.4 Å². The van der Waals surface area contributed by atoms with Gasteiger partial charge in [0.15, 0.2) is 5.96 Å². The first kappa shape index (κ1) is 20.8. The van der Waals surface area contributed by atoms with Crippen LogP contribution in [0.5, 0.6) is 11.5 Å². The number of methoxy groups -OCH3 is 1. The summed E-state index contributed by atoms with van der Waals surface area (Å²) in [5.41, 5.74) is 2.29. The zero-order valence-corrected chi connectivity index (χ0v) is 17.4. The number of phenolic OH excluding ortho intramolecular Hbond substituents is 1. The number of phenols is 1. The van der Waals surface area contributed by atoms with Crippen LogP contribution in [0.2, 0.25) is 0 Å². The molecule has 2 aromatic carbocycles. The minimum Gasteiger partial charge on any atom is -0.508 e. The minimum absolute atomic E-state index is 0.302. The van der Waals surface area contributed by atoms with Crippen LogP contribution < -0.4 is 20.3 Å². The summed E-state index contributed by atoms with van der Waals surface area (Å²) in [4.78, 5) is 7.13. The van der Waals surface area contributed by atoms with Crippen molar-refractivity contribution in [2.75, 3.05) is 38.2 Å². The third-order valence-electron chi connectivity index (χ3n) is 5.11. The molecule has 2 aromatic rings. The van der Waals surface area contributed by atoms with E-state index in [1.807, 2.05) is 24.3 Å². The van der Waals surface area contributed by atoms with Crippen LogP contribution >= 0.6 is 0 Å². The summed E-state index contributed by atoms with van der Waals surface area (Å²) in [6.07, 6.45) is 3.06. The summed E-state index contributed by atoms with van der Waals surface area (Å²) < 4.78 is 5.37. The molecule has 0 aliphatic carbocycles. The Hall–Kier alpha value is -2.89. The molecule has 6 heteroatoms. The molecule has 0 aromatic heterocycles. The molecule has 3 rings (SSSR count). The van der Waals surface area contributed by atoms with Gasteiger partial charge in [0.1, 0.15) is 11.5 Å². The highest BCUT2D eigenvalue weighted by atomic mass is 16.5. The predicted molar refractivity (Wildman–Crippen MR) is 119 cm³/mol. The number of hydrogen-bond donors (Lipinski definition) is 3. The van der Waals surface area contributed by atoms with E-state index in [4.69, 9.17) is 9.73 Å². The van der Waals surface area contributed by atoms with Gasteiger partial charge in [-0.3, -0.25) is 4.99 Å². The lowest BCUT2D eigenvalue weighted by Gasteiger charge is -2.35. The second kappa shape index (κ2) is 10.6. The predicted octanol–water partition coefficient (Wildman–Crippen LogP) is 3.17. The van der Waals surface area contributed by atoms with Gasteiger partial charge in [-0.05, 0) is 56.0 Å². The van der Waals surface area contributed by atoms with Crippen molar-refractivity contribution in [2.24, 2.45) is 4.99 Å². The first-order chi connectivity index (χ1) is 14.2. The number of aliphatic imine (C=N–C) groups is 1. The second-order valence-electron chi connectivity index (χ2n) is 7.31. The number of nitrogens with zero attached hydrogens (tertiary/aromatic N) is 2. The van der Waals surface area contributed by atoms with Gasteiger partial charge < -0.3 is 25.4 Å². The number of anilines is 1. The van der Waals surface area contributed by atoms with Crippen LogP contribution in [0, 0.1) is 0 Å². The number of hydrogen-bond acceptors (Lipinski definition) is 4. The number of aromatic hydroxyl groups is 1. The van der Waals surface area contributed by atoms with Crippen molar-refractivity contribution in [3.05, 3.63) is 54.1 Å². The van der Waals surface area contributed by atoms with E-state index < -0.39 is 0 Å². The van der Waals surface area contributed by atoms with Gasteiger partial charge in [0.2, 0.25) is 0 Å². The van der Waals surface area contributed by atoms with Crippen LogP contribution in [0.3, 0.4) is 0 Å². The van der Waals surface area contributed by atoms with E-state index in [-0.39, 0.29) is 0 Å². The normalized spacial score (nSPS) is 17.1. The first-order valence-electron chi connectivity index (χ1n) is 10.4. The Kier molecular flexibility index (Phi) is 7.61. The molecule has 1 aliphatic rings. The number of guanidine groups is 1.